The van der Waals surface area contributed by atoms with E-state index in [1.54, 1.807) is 50.7 Å². The van der Waals surface area contributed by atoms with Gasteiger partial charge in [0.2, 0.25) is 17.7 Å². The summed E-state index contributed by atoms with van der Waals surface area (Å²) in [5.74, 6) is 0.546. The van der Waals surface area contributed by atoms with E-state index in [-0.39, 0.29) is 40.4 Å². The van der Waals surface area contributed by atoms with Crippen molar-refractivity contribution in [3.05, 3.63) is 128 Å². The number of pyridine rings is 4. The highest BCUT2D eigenvalue weighted by atomic mass is 127. The van der Waals surface area contributed by atoms with Crippen molar-refractivity contribution < 1.29 is 50.8 Å². The van der Waals surface area contributed by atoms with Crippen molar-refractivity contribution in [1.29, 1.82) is 0 Å². The molecular weight excluding hydrogens is 1070 g/mol. The Kier molecular flexibility index (Phi) is 13.8. The lowest BCUT2D eigenvalue weighted by atomic mass is 9.94. The Labute approximate surface area is 426 Å². The molecule has 0 atom stereocenters. The van der Waals surface area contributed by atoms with Gasteiger partial charge in [0.25, 0.3) is 5.56 Å². The predicted octanol–water partition coefficient (Wildman–Crippen LogP) is 11.7. The fourth-order valence-electron chi connectivity index (χ4n) is 8.31. The number of carbonyl (C=O) groups excluding carboxylic acids is 2. The topological polar surface area (TPSA) is 176 Å². The third kappa shape index (κ3) is 11.1. The molecule has 2 aliphatic carbocycles. The maximum absolute atomic E-state index is 13.4. The molecule has 4 aliphatic rings. The quantitative estimate of drug-likeness (QED) is 0.0544. The third-order valence-corrected chi connectivity index (χ3v) is 12.7. The van der Waals surface area contributed by atoms with Crippen molar-refractivity contribution in [3.8, 4) is 51.4 Å². The van der Waals surface area contributed by atoms with Crippen molar-refractivity contribution in [2.24, 2.45) is 0 Å². The first-order valence-electron chi connectivity index (χ1n) is 23.0. The number of hydrogen-bond donors (Lipinski definition) is 3. The number of amides is 2. The first-order valence-corrected chi connectivity index (χ1v) is 29.6. The van der Waals surface area contributed by atoms with E-state index in [0.717, 1.165) is 38.9 Å². The van der Waals surface area contributed by atoms with Crippen LogP contribution in [0.25, 0.3) is 22.5 Å². The molecule has 6 heterocycles. The summed E-state index contributed by atoms with van der Waals surface area (Å²) < 4.78 is 76.8. The lowest BCUT2D eigenvalue weighted by Crippen LogP contribution is -2.28. The molecule has 0 spiro atoms. The van der Waals surface area contributed by atoms with E-state index in [2.05, 4.69) is 86.0 Å². The van der Waals surface area contributed by atoms with Crippen molar-refractivity contribution in [2.75, 3.05) is 17.7 Å². The van der Waals surface area contributed by atoms with Crippen LogP contribution >= 0.6 is 21.8 Å². The molecule has 0 saturated heterocycles. The van der Waals surface area contributed by atoms with Crippen LogP contribution in [0.1, 0.15) is 70.2 Å². The van der Waals surface area contributed by atoms with Gasteiger partial charge in [0, 0.05) is 34.6 Å². The molecule has 0 bridgehead atoms. The van der Waals surface area contributed by atoms with Gasteiger partial charge in [0.05, 0.1) is 29.3 Å². The van der Waals surface area contributed by atoms with Gasteiger partial charge in [-0.2, -0.15) is 0 Å². The zero-order valence-corrected chi connectivity index (χ0v) is 44.4. The van der Waals surface area contributed by atoms with Gasteiger partial charge in [0.15, 0.2) is 23.0 Å². The van der Waals surface area contributed by atoms with Crippen LogP contribution in [0, 0.1) is 41.5 Å². The molecule has 2 saturated carbocycles. The Balaban J connectivity index is 0.000000176. The van der Waals surface area contributed by atoms with E-state index in [1.807, 2.05) is 46.8 Å². The minimum atomic E-state index is -3.71. The maximum Gasteiger partial charge on any atom is 0.586 e. The number of anilines is 2. The van der Waals surface area contributed by atoms with Crippen LogP contribution in [-0.2, 0) is 20.4 Å². The van der Waals surface area contributed by atoms with Gasteiger partial charge >= 0.3 is 12.6 Å². The van der Waals surface area contributed by atoms with E-state index < -0.39 is 29.0 Å². The van der Waals surface area contributed by atoms with Crippen LogP contribution in [0.3, 0.4) is 0 Å². The number of halogens is 5. The number of nitrogens with one attached hydrogen (secondary N) is 3. The number of ether oxygens (including phenoxy) is 5. The summed E-state index contributed by atoms with van der Waals surface area (Å²) in [4.78, 5) is 54.6. The second kappa shape index (κ2) is 19.1. The number of rotatable bonds is 9. The number of alkyl halides is 4. The molecule has 14 nitrogen and oxygen atoms in total. The molecule has 2 fully saturated rings. The van der Waals surface area contributed by atoms with E-state index in [4.69, 9.17) is 9.72 Å². The van der Waals surface area contributed by atoms with Crippen molar-refractivity contribution in [3.63, 3.8) is 0 Å². The number of H-pyrrole nitrogens is 1. The first kappa shape index (κ1) is 51.8. The summed E-state index contributed by atoms with van der Waals surface area (Å²) in [6, 6.07) is 16.2. The SMILES string of the molecule is COc1ncc(-c2nc(NC(=O)C3(c4ccc5c(c4)OC(F)(F)O5)CC3)cc(C)c2C)cc1C.C[Si](C)(C)I.Cc1cc(NC(=O)C2(c3ccc4c(c3)OC(F)(F)O4)CC2)nc(-c2c[nH]c(=O)c(C)c2)c1C. The lowest BCUT2D eigenvalue weighted by Gasteiger charge is -2.18. The summed E-state index contributed by atoms with van der Waals surface area (Å²) >= 11 is 2.52. The normalized spacial score (nSPS) is 16.5. The van der Waals surface area contributed by atoms with E-state index in [0.29, 0.717) is 71.3 Å². The summed E-state index contributed by atoms with van der Waals surface area (Å²) in [7, 11) is 1.57. The largest absolute Gasteiger partial charge is 0.586 e. The van der Waals surface area contributed by atoms with Gasteiger partial charge in [-0.25, -0.2) is 15.0 Å². The van der Waals surface area contributed by atoms with E-state index in [1.165, 1.54) is 24.3 Å². The third-order valence-electron chi connectivity index (χ3n) is 12.7. The molecule has 2 aromatic carbocycles. The summed E-state index contributed by atoms with van der Waals surface area (Å²) in [6.45, 7) is 18.3. The second-order valence-electron chi connectivity index (χ2n) is 19.3. The molecule has 4 aromatic heterocycles. The molecular formula is C52H53F4IN6O8Si. The van der Waals surface area contributed by atoms with Crippen LogP contribution in [0.2, 0.25) is 19.6 Å². The highest BCUT2D eigenvalue weighted by molar-refractivity contribution is 14.1. The van der Waals surface area contributed by atoms with Crippen LogP contribution in [0.4, 0.5) is 29.2 Å². The van der Waals surface area contributed by atoms with Gasteiger partial charge in [-0.15, -0.1) is 39.4 Å². The van der Waals surface area contributed by atoms with Gasteiger partial charge < -0.3 is 39.3 Å². The number of carbonyl (C=O) groups is 2. The maximum atomic E-state index is 13.4. The number of nitrogens with zero attached hydrogens (tertiary/aromatic N) is 3. The number of aromatic nitrogens is 4. The fourth-order valence-corrected chi connectivity index (χ4v) is 8.31. The van der Waals surface area contributed by atoms with Gasteiger partial charge in [-0.1, -0.05) is 31.8 Å². The Morgan fingerprint density at radius 1 is 0.639 bits per heavy atom. The number of methoxy groups -OCH3 is 1. The zero-order valence-electron chi connectivity index (χ0n) is 41.3. The van der Waals surface area contributed by atoms with E-state index in [9.17, 15) is 31.9 Å². The van der Waals surface area contributed by atoms with Crippen LogP contribution in [0.5, 0.6) is 28.9 Å². The van der Waals surface area contributed by atoms with E-state index >= 15 is 0 Å². The predicted molar refractivity (Wildman–Crippen MR) is 274 cm³/mol. The minimum Gasteiger partial charge on any atom is -0.481 e. The summed E-state index contributed by atoms with van der Waals surface area (Å²) in [5, 5.41) is 5.82. The Bertz CT molecular complexity index is 3210. The smallest absolute Gasteiger partial charge is 0.481 e. The van der Waals surface area contributed by atoms with Crippen LogP contribution < -0.4 is 39.9 Å². The molecule has 0 radical (unpaired) electrons. The van der Waals surface area contributed by atoms with Crippen LogP contribution in [0.15, 0.2) is 77.9 Å². The summed E-state index contributed by atoms with van der Waals surface area (Å²) in [5.41, 5.74) is 6.85. The molecule has 0 unspecified atom stereocenters. The van der Waals surface area contributed by atoms with Gasteiger partial charge in [0.1, 0.15) is 17.2 Å². The van der Waals surface area contributed by atoms with Crippen molar-refractivity contribution in [1.82, 2.24) is 19.9 Å². The zero-order chi connectivity index (χ0) is 52.3. The fraction of sp³-hybridized carbons (Fsp3) is 0.346. The average molecular weight is 1120 g/mol. The standard InChI is InChI=1S/C25H23F2N3O4.C24H21F2N3O4.C3H9ISi/c1-13-10-20(29-21(15(13)3)16-9-14(2)22(32-4)28-12-16)30-23(31)24(7-8-24)17-5-6-18-19(11-17)34-25(26,27)33-18;1-12-9-19(28-20(14(12)3)15-8-13(2)21(30)27-11-15)29-22(31)23(6-7-23)16-4-5-17-18(10-16)33-24(25,26)32-17;1-5(2,3)4/h5-6,9-12H,7-8H2,1-4H3,(H,29,30,31);4-5,8-11H,6-7H2,1-3H3,(H,27,30)(H,28,29,31);1-3H3. The molecule has 378 valence electrons. The number of fused-ring (bicyclic) bond motifs is 2. The highest BCUT2D eigenvalue weighted by Gasteiger charge is 2.54. The average Bonchev–Trinajstić information content (AvgIpc) is 4.22. The number of aryl methyl sites for hydroxylation is 4. The molecule has 2 aliphatic heterocycles. The lowest BCUT2D eigenvalue weighted by molar-refractivity contribution is -0.287. The van der Waals surface area contributed by atoms with Crippen LogP contribution in [-0.4, -0.2) is 57.0 Å². The molecule has 20 heteroatoms. The number of hydrogen-bond acceptors (Lipinski definition) is 11. The molecule has 10 rings (SSSR count). The molecule has 2 amide bonds. The monoisotopic (exact) mass is 1120 g/mol. The number of benzene rings is 2. The number of aromatic amines is 1. The van der Waals surface area contributed by atoms with Crippen molar-refractivity contribution >= 4 is 50.8 Å². The van der Waals surface area contributed by atoms with Gasteiger partial charge in [-0.3, -0.25) is 14.4 Å². The molecule has 72 heavy (non-hydrogen) atoms. The Hall–Kier alpha value is -6.55. The van der Waals surface area contributed by atoms with Crippen molar-refractivity contribution in [2.45, 2.75) is 110 Å². The Morgan fingerprint density at radius 3 is 1.46 bits per heavy atom. The minimum absolute atomic E-state index is 0.0474. The molecule has 6 aromatic rings. The second-order valence-corrected chi connectivity index (χ2v) is 33.2. The molecule has 3 N–H and O–H groups in total. The van der Waals surface area contributed by atoms with Gasteiger partial charge in [-0.05, 0) is 149 Å². The first-order chi connectivity index (χ1) is 33.7. The summed E-state index contributed by atoms with van der Waals surface area (Å²) in [6.07, 6.45) is -1.79. The Morgan fingerprint density at radius 2 is 1.06 bits per heavy atom. The highest BCUT2D eigenvalue weighted by Crippen LogP contribution is 2.54.